The number of carbonyl (C=O) groups is 1. The van der Waals surface area contributed by atoms with Crippen LogP contribution >= 0.6 is 0 Å². The molecule has 0 aromatic heterocycles. The van der Waals surface area contributed by atoms with Gasteiger partial charge in [-0.3, -0.25) is 0 Å². The smallest absolute Gasteiger partial charge is 0.331 e. The summed E-state index contributed by atoms with van der Waals surface area (Å²) in [5, 5.41) is 10.1. The summed E-state index contributed by atoms with van der Waals surface area (Å²) in [5.41, 5.74) is 1.55. The minimum atomic E-state index is -0.340. The second-order valence-electron chi connectivity index (χ2n) is 9.79. The van der Waals surface area contributed by atoms with Crippen molar-refractivity contribution in [3.8, 4) is 0 Å². The molecule has 136 valence electrons. The first kappa shape index (κ1) is 16.1. The lowest BCUT2D eigenvalue weighted by Gasteiger charge is -2.58. The number of hydrogen-bond acceptors (Lipinski definition) is 3. The van der Waals surface area contributed by atoms with Crippen LogP contribution in [-0.2, 0) is 9.53 Å². The Balaban J connectivity index is 1.50. The fraction of sp³-hybridized carbons (Fsp3) is 0.773. The quantitative estimate of drug-likeness (QED) is 0.531. The first-order valence-electron chi connectivity index (χ1n) is 10.2. The Bertz CT molecular complexity index is 679. The highest BCUT2D eigenvalue weighted by molar-refractivity contribution is 5.85. The van der Waals surface area contributed by atoms with Crippen LogP contribution < -0.4 is 0 Å². The van der Waals surface area contributed by atoms with Gasteiger partial charge in [0.15, 0.2) is 0 Å². The van der Waals surface area contributed by atoms with Gasteiger partial charge in [-0.2, -0.15) is 0 Å². The second kappa shape index (κ2) is 5.00. The molecule has 3 fully saturated rings. The SMILES string of the molecule is C[C@]12CC[C@H](O)CC1=CCC1C2CC[C@@]2(C)C1CC[C@]21C=CC(=O)O1. The van der Waals surface area contributed by atoms with Crippen LogP contribution in [0.4, 0.5) is 0 Å². The van der Waals surface area contributed by atoms with Gasteiger partial charge in [-0.25, -0.2) is 4.79 Å². The molecule has 0 saturated heterocycles. The van der Waals surface area contributed by atoms with Gasteiger partial charge in [0.2, 0.25) is 0 Å². The van der Waals surface area contributed by atoms with Crippen molar-refractivity contribution < 1.29 is 14.6 Å². The van der Waals surface area contributed by atoms with E-state index in [0.717, 1.165) is 44.4 Å². The molecule has 4 aliphatic carbocycles. The Labute approximate surface area is 150 Å². The minimum absolute atomic E-state index is 0.0900. The lowest BCUT2D eigenvalue weighted by molar-refractivity contribution is -0.162. The first-order valence-corrected chi connectivity index (χ1v) is 10.2. The van der Waals surface area contributed by atoms with Crippen molar-refractivity contribution in [2.24, 2.45) is 28.6 Å². The Morgan fingerprint density at radius 3 is 2.68 bits per heavy atom. The average Bonchev–Trinajstić information content (AvgIpc) is 3.10. The van der Waals surface area contributed by atoms with Crippen molar-refractivity contribution in [2.45, 2.75) is 76.9 Å². The fourth-order valence-corrected chi connectivity index (χ4v) is 7.57. The average molecular weight is 342 g/mol. The summed E-state index contributed by atoms with van der Waals surface area (Å²) in [7, 11) is 0. The van der Waals surface area contributed by atoms with Gasteiger partial charge in [0.25, 0.3) is 0 Å². The number of aliphatic hydroxyl groups excluding tert-OH is 1. The van der Waals surface area contributed by atoms with E-state index in [1.165, 1.54) is 18.4 Å². The van der Waals surface area contributed by atoms with Crippen LogP contribution in [0.25, 0.3) is 0 Å². The zero-order valence-electron chi connectivity index (χ0n) is 15.5. The van der Waals surface area contributed by atoms with Gasteiger partial charge >= 0.3 is 5.97 Å². The molecule has 0 bridgehead atoms. The zero-order valence-corrected chi connectivity index (χ0v) is 15.5. The number of rotatable bonds is 0. The molecule has 5 aliphatic rings. The molecule has 1 aliphatic heterocycles. The van der Waals surface area contributed by atoms with E-state index in [1.54, 1.807) is 6.08 Å². The van der Waals surface area contributed by atoms with E-state index in [4.69, 9.17) is 4.74 Å². The molecule has 0 aromatic rings. The van der Waals surface area contributed by atoms with Crippen molar-refractivity contribution in [1.82, 2.24) is 0 Å². The molecule has 3 saturated carbocycles. The highest BCUT2D eigenvalue weighted by Crippen LogP contribution is 2.68. The van der Waals surface area contributed by atoms with Crippen LogP contribution in [0.15, 0.2) is 23.8 Å². The molecular formula is C22H30O3. The van der Waals surface area contributed by atoms with Gasteiger partial charge < -0.3 is 9.84 Å². The summed E-state index contributed by atoms with van der Waals surface area (Å²) in [6.07, 6.45) is 14.7. The minimum Gasteiger partial charge on any atom is -0.451 e. The molecule has 1 N–H and O–H groups in total. The molecule has 25 heavy (non-hydrogen) atoms. The third kappa shape index (κ3) is 1.94. The highest BCUT2D eigenvalue weighted by atomic mass is 16.6. The van der Waals surface area contributed by atoms with Crippen LogP contribution in [0.5, 0.6) is 0 Å². The monoisotopic (exact) mass is 342 g/mol. The van der Waals surface area contributed by atoms with Crippen molar-refractivity contribution in [3.05, 3.63) is 23.8 Å². The van der Waals surface area contributed by atoms with Crippen LogP contribution in [-0.4, -0.2) is 22.8 Å². The third-order valence-corrected chi connectivity index (χ3v) is 9.03. The van der Waals surface area contributed by atoms with E-state index >= 15 is 0 Å². The molecule has 0 amide bonds. The van der Waals surface area contributed by atoms with Crippen molar-refractivity contribution >= 4 is 5.97 Å². The molecule has 3 unspecified atom stereocenters. The maximum atomic E-state index is 11.8. The van der Waals surface area contributed by atoms with E-state index in [2.05, 4.69) is 26.0 Å². The van der Waals surface area contributed by atoms with Crippen molar-refractivity contribution in [3.63, 3.8) is 0 Å². The number of hydrogen-bond donors (Lipinski definition) is 1. The molecule has 5 rings (SSSR count). The van der Waals surface area contributed by atoms with Crippen LogP contribution in [0.1, 0.15) is 65.2 Å². The number of allylic oxidation sites excluding steroid dienone is 1. The molecular weight excluding hydrogens is 312 g/mol. The molecule has 3 heteroatoms. The van der Waals surface area contributed by atoms with E-state index in [1.807, 2.05) is 0 Å². The summed E-state index contributed by atoms with van der Waals surface area (Å²) in [6, 6.07) is 0. The number of esters is 1. The predicted molar refractivity (Wildman–Crippen MR) is 95.7 cm³/mol. The number of ether oxygens (including phenoxy) is 1. The van der Waals surface area contributed by atoms with Crippen molar-refractivity contribution in [2.75, 3.05) is 0 Å². The summed E-state index contributed by atoms with van der Waals surface area (Å²) < 4.78 is 5.91. The molecule has 0 aromatic carbocycles. The van der Waals surface area contributed by atoms with E-state index in [9.17, 15) is 9.90 Å². The summed E-state index contributed by atoms with van der Waals surface area (Å²) >= 11 is 0. The molecule has 3 nitrogen and oxygen atoms in total. The summed E-state index contributed by atoms with van der Waals surface area (Å²) in [6.45, 7) is 4.85. The van der Waals surface area contributed by atoms with Gasteiger partial charge in [-0.1, -0.05) is 25.5 Å². The van der Waals surface area contributed by atoms with Gasteiger partial charge in [0.1, 0.15) is 5.60 Å². The Kier molecular flexibility index (Phi) is 3.22. The topological polar surface area (TPSA) is 46.5 Å². The van der Waals surface area contributed by atoms with E-state index < -0.39 is 0 Å². The Morgan fingerprint density at radius 1 is 1.12 bits per heavy atom. The third-order valence-electron chi connectivity index (χ3n) is 9.03. The predicted octanol–water partition coefficient (Wildman–Crippen LogP) is 4.16. The molecule has 0 radical (unpaired) electrons. The first-order chi connectivity index (χ1) is 11.9. The number of aliphatic hydroxyl groups is 1. The van der Waals surface area contributed by atoms with Gasteiger partial charge in [0.05, 0.1) is 6.10 Å². The summed E-state index contributed by atoms with van der Waals surface area (Å²) in [5.74, 6) is 1.93. The maximum Gasteiger partial charge on any atom is 0.331 e. The maximum absolute atomic E-state index is 11.8. The van der Waals surface area contributed by atoms with Crippen molar-refractivity contribution in [1.29, 1.82) is 0 Å². The van der Waals surface area contributed by atoms with E-state index in [0.29, 0.717) is 11.8 Å². The highest BCUT2D eigenvalue weighted by Gasteiger charge is 2.65. The molecule has 1 heterocycles. The molecule has 1 spiro atoms. The summed E-state index contributed by atoms with van der Waals surface area (Å²) in [4.78, 5) is 11.8. The lowest BCUT2D eigenvalue weighted by atomic mass is 9.47. The van der Waals surface area contributed by atoms with Crippen LogP contribution in [0, 0.1) is 28.6 Å². The van der Waals surface area contributed by atoms with Crippen LogP contribution in [0.2, 0.25) is 0 Å². The number of fused-ring (bicyclic) bond motifs is 6. The number of carbonyl (C=O) groups excluding carboxylic acids is 1. The molecule has 7 atom stereocenters. The van der Waals surface area contributed by atoms with Gasteiger partial charge in [-0.05, 0) is 80.6 Å². The lowest BCUT2D eigenvalue weighted by Crippen LogP contribution is -2.54. The largest absolute Gasteiger partial charge is 0.451 e. The Hall–Kier alpha value is -1.09. The standard InChI is InChI=1S/C22H30O3/c1-20-9-5-15(23)13-14(20)3-4-16-17(20)6-10-21(2)18(16)7-11-22(21)12-8-19(24)25-22/h3,8,12,15-18,23H,4-7,9-11,13H2,1-2H3/t15-,16?,17?,18?,20-,21-,22-/m0/s1. The van der Waals surface area contributed by atoms with Crippen LogP contribution in [0.3, 0.4) is 0 Å². The van der Waals surface area contributed by atoms with E-state index in [-0.39, 0.29) is 28.5 Å². The zero-order chi connectivity index (χ0) is 17.4. The van der Waals surface area contributed by atoms with Gasteiger partial charge in [0, 0.05) is 11.5 Å². The van der Waals surface area contributed by atoms with Gasteiger partial charge in [-0.15, -0.1) is 0 Å². The second-order valence-corrected chi connectivity index (χ2v) is 9.79. The Morgan fingerprint density at radius 2 is 1.92 bits per heavy atom. The fourth-order valence-electron chi connectivity index (χ4n) is 7.57. The normalized spacial score (nSPS) is 53.9.